The fourth-order valence-corrected chi connectivity index (χ4v) is 3.82. The Labute approximate surface area is 117 Å². The summed E-state index contributed by atoms with van der Waals surface area (Å²) in [5.74, 6) is 0.903. The Morgan fingerprint density at radius 2 is 1.53 bits per heavy atom. The molecule has 0 aromatic heterocycles. The lowest BCUT2D eigenvalue weighted by Gasteiger charge is -2.28. The van der Waals surface area contributed by atoms with Crippen molar-refractivity contribution >= 4 is 0 Å². The van der Waals surface area contributed by atoms with Crippen molar-refractivity contribution < 1.29 is 4.74 Å². The van der Waals surface area contributed by atoms with Crippen LogP contribution in [0.2, 0.25) is 0 Å². The van der Waals surface area contributed by atoms with Crippen LogP contribution in [0.15, 0.2) is 12.1 Å². The second-order valence-electron chi connectivity index (χ2n) is 6.32. The van der Waals surface area contributed by atoms with Crippen molar-refractivity contribution in [2.24, 2.45) is 17.6 Å². The first-order valence-electron chi connectivity index (χ1n) is 7.31. The Kier molecular flexibility index (Phi) is 4.03. The topological polar surface area (TPSA) is 35.2 Å². The molecular weight excluding hydrogens is 234 g/mol. The summed E-state index contributed by atoms with van der Waals surface area (Å²) in [7, 11) is 0. The molecule has 19 heavy (non-hydrogen) atoms. The average Bonchev–Trinajstić information content (AvgIpc) is 2.51. The van der Waals surface area contributed by atoms with Gasteiger partial charge in [0.25, 0.3) is 0 Å². The number of ether oxygens (including phenoxy) is 1. The number of nitrogens with two attached hydrogens (primary N) is 1. The Morgan fingerprint density at radius 1 is 1.00 bits per heavy atom. The minimum absolute atomic E-state index is 0.0653. The highest BCUT2D eigenvalue weighted by molar-refractivity contribution is 5.40. The lowest BCUT2D eigenvalue weighted by atomic mass is 9.78. The highest BCUT2D eigenvalue weighted by Crippen LogP contribution is 2.41. The third-order valence-electron chi connectivity index (χ3n) is 4.80. The molecule has 0 bridgehead atoms. The molecule has 1 aromatic carbocycles. The van der Waals surface area contributed by atoms with Crippen LogP contribution in [0.5, 0.6) is 0 Å². The van der Waals surface area contributed by atoms with Crippen LogP contribution in [0.3, 0.4) is 0 Å². The zero-order valence-electron chi connectivity index (χ0n) is 13.0. The summed E-state index contributed by atoms with van der Waals surface area (Å²) < 4.78 is 5.95. The second kappa shape index (κ2) is 5.26. The zero-order chi connectivity index (χ0) is 14.3. The van der Waals surface area contributed by atoms with Gasteiger partial charge in [0.1, 0.15) is 0 Å². The van der Waals surface area contributed by atoms with Gasteiger partial charge in [0.15, 0.2) is 0 Å². The first-order chi connectivity index (χ1) is 8.82. The van der Waals surface area contributed by atoms with Crippen molar-refractivity contribution in [3.05, 3.63) is 34.4 Å². The van der Waals surface area contributed by atoms with E-state index < -0.39 is 0 Å². The van der Waals surface area contributed by atoms with E-state index in [9.17, 15) is 0 Å². The third kappa shape index (κ3) is 2.56. The summed E-state index contributed by atoms with van der Waals surface area (Å²) >= 11 is 0. The second-order valence-corrected chi connectivity index (χ2v) is 6.32. The number of hydrogen-bond acceptors (Lipinski definition) is 2. The molecule has 2 rings (SSSR count). The summed E-state index contributed by atoms with van der Waals surface area (Å²) in [5.41, 5.74) is 11.9. The molecule has 5 atom stereocenters. The molecule has 0 radical (unpaired) electrons. The quantitative estimate of drug-likeness (QED) is 0.881. The van der Waals surface area contributed by atoms with Gasteiger partial charge in [0.2, 0.25) is 0 Å². The van der Waals surface area contributed by atoms with Crippen molar-refractivity contribution in [2.75, 3.05) is 0 Å². The highest BCUT2D eigenvalue weighted by Gasteiger charge is 2.41. The van der Waals surface area contributed by atoms with Crippen LogP contribution < -0.4 is 5.73 Å². The molecule has 1 aliphatic heterocycles. The van der Waals surface area contributed by atoms with E-state index in [1.165, 1.54) is 22.3 Å². The fraction of sp³-hybridized carbons (Fsp3) is 0.647. The van der Waals surface area contributed by atoms with E-state index in [-0.39, 0.29) is 12.1 Å². The number of rotatable bonds is 2. The zero-order valence-corrected chi connectivity index (χ0v) is 13.0. The monoisotopic (exact) mass is 261 g/mol. The summed E-state index contributed by atoms with van der Waals surface area (Å²) in [6.45, 7) is 13.1. The van der Waals surface area contributed by atoms with Crippen LogP contribution in [0.25, 0.3) is 0 Å². The predicted octanol–water partition coefficient (Wildman–Crippen LogP) is 3.67. The van der Waals surface area contributed by atoms with Crippen LogP contribution in [-0.2, 0) is 4.74 Å². The van der Waals surface area contributed by atoms with Gasteiger partial charge >= 0.3 is 0 Å². The maximum atomic E-state index is 6.62. The smallest absolute Gasteiger partial charge is 0.0600 e. The SMILES string of the molecule is Cc1cc(C)c(C(N)C2C(C)OC(C)C2C)c(C)c1. The lowest BCUT2D eigenvalue weighted by Crippen LogP contribution is -2.31. The third-order valence-corrected chi connectivity index (χ3v) is 4.80. The number of hydrogen-bond donors (Lipinski definition) is 1. The number of aryl methyl sites for hydroxylation is 3. The molecule has 5 unspecified atom stereocenters. The van der Waals surface area contributed by atoms with Gasteiger partial charge in [-0.3, -0.25) is 0 Å². The Balaban J connectivity index is 2.37. The van der Waals surface area contributed by atoms with E-state index in [2.05, 4.69) is 53.7 Å². The first-order valence-corrected chi connectivity index (χ1v) is 7.31. The molecule has 2 N–H and O–H groups in total. The van der Waals surface area contributed by atoms with Gasteiger partial charge in [-0.05, 0) is 57.2 Å². The largest absolute Gasteiger partial charge is 0.375 e. The maximum absolute atomic E-state index is 6.62. The molecule has 2 heteroatoms. The van der Waals surface area contributed by atoms with Gasteiger partial charge in [-0.2, -0.15) is 0 Å². The molecule has 2 nitrogen and oxygen atoms in total. The van der Waals surface area contributed by atoms with Crippen LogP contribution in [0, 0.1) is 32.6 Å². The Bertz CT molecular complexity index is 445. The van der Waals surface area contributed by atoms with Crippen LogP contribution in [0.4, 0.5) is 0 Å². The van der Waals surface area contributed by atoms with Crippen molar-refractivity contribution in [3.63, 3.8) is 0 Å². The van der Waals surface area contributed by atoms with Gasteiger partial charge in [0, 0.05) is 12.0 Å². The van der Waals surface area contributed by atoms with Crippen LogP contribution in [0.1, 0.15) is 49.1 Å². The Morgan fingerprint density at radius 3 is 1.95 bits per heavy atom. The Hall–Kier alpha value is -0.860. The van der Waals surface area contributed by atoms with E-state index in [1.54, 1.807) is 0 Å². The van der Waals surface area contributed by atoms with Crippen molar-refractivity contribution in [3.8, 4) is 0 Å². The highest BCUT2D eigenvalue weighted by atomic mass is 16.5. The van der Waals surface area contributed by atoms with E-state index >= 15 is 0 Å². The summed E-state index contributed by atoms with van der Waals surface area (Å²) in [5, 5.41) is 0. The van der Waals surface area contributed by atoms with E-state index in [0.29, 0.717) is 17.9 Å². The fourth-order valence-electron chi connectivity index (χ4n) is 3.82. The summed E-state index contributed by atoms with van der Waals surface area (Å²) in [4.78, 5) is 0. The maximum Gasteiger partial charge on any atom is 0.0600 e. The average molecular weight is 261 g/mol. The molecule has 1 aliphatic rings. The molecule has 1 heterocycles. The minimum Gasteiger partial charge on any atom is -0.375 e. The van der Waals surface area contributed by atoms with Crippen molar-refractivity contribution in [1.29, 1.82) is 0 Å². The summed E-state index contributed by atoms with van der Waals surface area (Å²) in [6.07, 6.45) is 0.539. The predicted molar refractivity (Wildman–Crippen MR) is 80.2 cm³/mol. The molecule has 1 fully saturated rings. The van der Waals surface area contributed by atoms with E-state index in [4.69, 9.17) is 10.5 Å². The standard InChI is InChI=1S/C17H27NO/c1-9-7-10(2)15(11(3)8-9)17(18)16-12(4)13(5)19-14(16)6/h7-8,12-14,16-17H,18H2,1-6H3. The van der Waals surface area contributed by atoms with Gasteiger partial charge in [-0.25, -0.2) is 0 Å². The molecule has 0 amide bonds. The molecule has 0 saturated carbocycles. The van der Waals surface area contributed by atoms with E-state index in [0.717, 1.165) is 0 Å². The van der Waals surface area contributed by atoms with Gasteiger partial charge < -0.3 is 10.5 Å². The van der Waals surface area contributed by atoms with Crippen LogP contribution >= 0.6 is 0 Å². The molecule has 1 saturated heterocycles. The lowest BCUT2D eigenvalue weighted by molar-refractivity contribution is 0.0489. The molecule has 106 valence electrons. The van der Waals surface area contributed by atoms with Gasteiger partial charge in [-0.1, -0.05) is 24.6 Å². The molecule has 0 spiro atoms. The molecule has 1 aromatic rings. The van der Waals surface area contributed by atoms with Gasteiger partial charge in [0.05, 0.1) is 12.2 Å². The molecule has 0 aliphatic carbocycles. The van der Waals surface area contributed by atoms with Crippen LogP contribution in [-0.4, -0.2) is 12.2 Å². The minimum atomic E-state index is 0.0653. The van der Waals surface area contributed by atoms with Crippen molar-refractivity contribution in [1.82, 2.24) is 0 Å². The van der Waals surface area contributed by atoms with Crippen molar-refractivity contribution in [2.45, 2.75) is 59.8 Å². The first kappa shape index (κ1) is 14.5. The molecular formula is C17H27NO. The number of benzene rings is 1. The normalized spacial score (nSPS) is 32.6. The van der Waals surface area contributed by atoms with Gasteiger partial charge in [-0.15, -0.1) is 0 Å². The summed E-state index contributed by atoms with van der Waals surface area (Å²) in [6, 6.07) is 4.53. The van der Waals surface area contributed by atoms with E-state index in [1.807, 2.05) is 0 Å².